The Morgan fingerprint density at radius 3 is 2.18 bits per heavy atom. The Morgan fingerprint density at radius 1 is 0.756 bits per heavy atom. The Bertz CT molecular complexity index is 1680. The first-order valence-electron chi connectivity index (χ1n) is 14.2. The summed E-state index contributed by atoms with van der Waals surface area (Å²) in [7, 11) is 4.61. The second kappa shape index (κ2) is 16.0. The highest BCUT2D eigenvalue weighted by atomic mass is 32.2. The van der Waals surface area contributed by atoms with Gasteiger partial charge in [0.25, 0.3) is 11.8 Å². The summed E-state index contributed by atoms with van der Waals surface area (Å²) in [6.07, 6.45) is 2.14. The van der Waals surface area contributed by atoms with E-state index in [1.165, 1.54) is 26.0 Å². The number of carbonyl (C=O) groups is 3. The average molecular weight is 626 g/mol. The van der Waals surface area contributed by atoms with Gasteiger partial charge in [-0.1, -0.05) is 49.4 Å². The van der Waals surface area contributed by atoms with E-state index < -0.39 is 17.1 Å². The maximum absolute atomic E-state index is 13.6. The Morgan fingerprint density at radius 2 is 1.47 bits per heavy atom. The van der Waals surface area contributed by atoms with Crippen molar-refractivity contribution in [3.8, 4) is 17.2 Å². The molecule has 3 amide bonds. The molecule has 1 unspecified atom stereocenters. The molecule has 10 heteroatoms. The first-order chi connectivity index (χ1) is 21.8. The van der Waals surface area contributed by atoms with Crippen LogP contribution in [0.4, 0.5) is 11.4 Å². The number of anilines is 2. The molecule has 0 aromatic heterocycles. The number of methoxy groups -OCH3 is 3. The van der Waals surface area contributed by atoms with Gasteiger partial charge in [-0.15, -0.1) is 11.8 Å². The van der Waals surface area contributed by atoms with Gasteiger partial charge in [0.05, 0.1) is 32.3 Å². The number of amides is 3. The van der Waals surface area contributed by atoms with Crippen LogP contribution >= 0.6 is 11.8 Å². The van der Waals surface area contributed by atoms with Gasteiger partial charge >= 0.3 is 0 Å². The van der Waals surface area contributed by atoms with Gasteiger partial charge < -0.3 is 30.2 Å². The summed E-state index contributed by atoms with van der Waals surface area (Å²) < 4.78 is 16.1. The molecular formula is C35H35N3O6S. The molecule has 0 saturated heterocycles. The number of thioether (sulfide) groups is 1. The minimum Gasteiger partial charge on any atom is -0.495 e. The SMILES string of the molecule is CCC(Sc1cccc(NC(=O)/C(=C\c2ccc(OC)c(OC)c2)NC(=O)c2ccccc2)c1)C(=O)Nc1ccccc1OC. The van der Waals surface area contributed by atoms with Crippen molar-refractivity contribution in [2.75, 3.05) is 32.0 Å². The van der Waals surface area contributed by atoms with Crippen molar-refractivity contribution in [2.45, 2.75) is 23.5 Å². The molecule has 0 aliphatic heterocycles. The van der Waals surface area contributed by atoms with Crippen molar-refractivity contribution in [3.05, 3.63) is 114 Å². The van der Waals surface area contributed by atoms with Gasteiger partial charge in [-0.25, -0.2) is 0 Å². The fourth-order valence-corrected chi connectivity index (χ4v) is 5.36. The number of para-hydroxylation sites is 2. The molecule has 0 fully saturated rings. The lowest BCUT2D eigenvalue weighted by Gasteiger charge is -2.17. The Balaban J connectivity index is 1.54. The molecule has 4 aromatic carbocycles. The fourth-order valence-electron chi connectivity index (χ4n) is 4.34. The second-order valence-electron chi connectivity index (χ2n) is 9.68. The van der Waals surface area contributed by atoms with Crippen LogP contribution in [-0.4, -0.2) is 44.3 Å². The Hall–Kier alpha value is -5.22. The highest BCUT2D eigenvalue weighted by molar-refractivity contribution is 8.00. The van der Waals surface area contributed by atoms with Crippen LogP contribution in [0.1, 0.15) is 29.3 Å². The smallest absolute Gasteiger partial charge is 0.272 e. The lowest BCUT2D eigenvalue weighted by molar-refractivity contribution is -0.116. The zero-order valence-electron chi connectivity index (χ0n) is 25.5. The van der Waals surface area contributed by atoms with Crippen LogP contribution in [0.2, 0.25) is 0 Å². The topological polar surface area (TPSA) is 115 Å². The van der Waals surface area contributed by atoms with Gasteiger partial charge in [0.2, 0.25) is 5.91 Å². The highest BCUT2D eigenvalue weighted by Crippen LogP contribution is 2.31. The summed E-state index contributed by atoms with van der Waals surface area (Å²) >= 11 is 1.38. The first kappa shape index (κ1) is 32.7. The van der Waals surface area contributed by atoms with Crippen molar-refractivity contribution in [1.29, 1.82) is 0 Å². The maximum atomic E-state index is 13.6. The van der Waals surface area contributed by atoms with E-state index >= 15 is 0 Å². The molecule has 0 saturated carbocycles. The lowest BCUT2D eigenvalue weighted by Crippen LogP contribution is -2.30. The maximum Gasteiger partial charge on any atom is 0.272 e. The van der Waals surface area contributed by atoms with E-state index in [9.17, 15) is 14.4 Å². The van der Waals surface area contributed by atoms with Crippen LogP contribution in [0, 0.1) is 0 Å². The molecule has 4 rings (SSSR count). The van der Waals surface area contributed by atoms with Crippen molar-refractivity contribution < 1.29 is 28.6 Å². The monoisotopic (exact) mass is 625 g/mol. The number of nitrogens with one attached hydrogen (secondary N) is 3. The molecule has 0 heterocycles. The predicted octanol–water partition coefficient (Wildman–Crippen LogP) is 6.63. The zero-order valence-corrected chi connectivity index (χ0v) is 26.3. The molecule has 0 aliphatic rings. The standard InChI is InChI=1S/C35H35N3O6S/c1-5-32(35(41)37-27-16-9-10-17-29(27)42-2)45-26-15-11-14-25(22-26)36-34(40)28(38-33(39)24-12-7-6-8-13-24)20-23-18-19-30(43-3)31(21-23)44-4/h6-22,32H,5H2,1-4H3,(H,36,40)(H,37,41)(H,38,39)/b28-20+. The van der Waals surface area contributed by atoms with E-state index in [1.807, 2.05) is 25.1 Å². The number of hydrogen-bond donors (Lipinski definition) is 3. The van der Waals surface area contributed by atoms with Gasteiger partial charge in [0.15, 0.2) is 11.5 Å². The third-order valence-corrected chi connectivity index (χ3v) is 8.00. The summed E-state index contributed by atoms with van der Waals surface area (Å²) in [5, 5.41) is 8.17. The minimum absolute atomic E-state index is 0.0248. The van der Waals surface area contributed by atoms with Crippen LogP contribution in [0.15, 0.2) is 108 Å². The van der Waals surface area contributed by atoms with Crippen LogP contribution < -0.4 is 30.2 Å². The molecule has 3 N–H and O–H groups in total. The second-order valence-corrected chi connectivity index (χ2v) is 11.0. The average Bonchev–Trinajstić information content (AvgIpc) is 3.07. The minimum atomic E-state index is -0.530. The number of carbonyl (C=O) groups excluding carboxylic acids is 3. The molecule has 45 heavy (non-hydrogen) atoms. The third-order valence-electron chi connectivity index (χ3n) is 6.65. The summed E-state index contributed by atoms with van der Waals surface area (Å²) in [4.78, 5) is 40.5. The number of ether oxygens (including phenoxy) is 3. The molecule has 1 atom stereocenters. The summed E-state index contributed by atoms with van der Waals surface area (Å²) in [6, 6.07) is 28.2. The van der Waals surface area contributed by atoms with E-state index in [1.54, 1.807) is 92.0 Å². The predicted molar refractivity (Wildman–Crippen MR) is 178 cm³/mol. The number of benzene rings is 4. The normalized spacial score (nSPS) is 11.6. The van der Waals surface area contributed by atoms with Crippen LogP contribution in [0.3, 0.4) is 0 Å². The van der Waals surface area contributed by atoms with Gasteiger partial charge in [0.1, 0.15) is 11.4 Å². The third kappa shape index (κ3) is 8.90. The van der Waals surface area contributed by atoms with E-state index in [0.29, 0.717) is 46.2 Å². The zero-order chi connectivity index (χ0) is 32.2. The van der Waals surface area contributed by atoms with Gasteiger partial charge in [-0.05, 0) is 72.7 Å². The molecule has 0 spiro atoms. The highest BCUT2D eigenvalue weighted by Gasteiger charge is 2.20. The van der Waals surface area contributed by atoms with Gasteiger partial charge in [-0.2, -0.15) is 0 Å². The van der Waals surface area contributed by atoms with E-state index in [0.717, 1.165) is 4.90 Å². The summed E-state index contributed by atoms with van der Waals surface area (Å²) in [5.41, 5.74) is 2.13. The number of rotatable bonds is 13. The lowest BCUT2D eigenvalue weighted by atomic mass is 10.1. The molecule has 0 aliphatic carbocycles. The van der Waals surface area contributed by atoms with Crippen LogP contribution in [0.5, 0.6) is 17.2 Å². The molecule has 4 aromatic rings. The van der Waals surface area contributed by atoms with Gasteiger partial charge in [-0.3, -0.25) is 14.4 Å². The molecule has 0 bridgehead atoms. The van der Waals surface area contributed by atoms with E-state index in [-0.39, 0.29) is 11.6 Å². The molecule has 232 valence electrons. The fraction of sp³-hybridized carbons (Fsp3) is 0.171. The molecule has 0 radical (unpaired) electrons. The van der Waals surface area contributed by atoms with Crippen molar-refractivity contribution in [1.82, 2.24) is 5.32 Å². The van der Waals surface area contributed by atoms with Crippen molar-refractivity contribution in [3.63, 3.8) is 0 Å². The van der Waals surface area contributed by atoms with Gasteiger partial charge in [0, 0.05) is 16.1 Å². The molecule has 9 nitrogen and oxygen atoms in total. The summed E-state index contributed by atoms with van der Waals surface area (Å²) in [6.45, 7) is 1.94. The van der Waals surface area contributed by atoms with Crippen molar-refractivity contribution >= 4 is 46.9 Å². The largest absolute Gasteiger partial charge is 0.495 e. The van der Waals surface area contributed by atoms with Crippen molar-refractivity contribution in [2.24, 2.45) is 0 Å². The van der Waals surface area contributed by atoms with E-state index in [2.05, 4.69) is 16.0 Å². The summed E-state index contributed by atoms with van der Waals surface area (Å²) in [5.74, 6) is 0.457. The van der Waals surface area contributed by atoms with Crippen LogP contribution in [0.25, 0.3) is 6.08 Å². The van der Waals surface area contributed by atoms with Crippen LogP contribution in [-0.2, 0) is 9.59 Å². The Kier molecular flexibility index (Phi) is 11.6. The first-order valence-corrected chi connectivity index (χ1v) is 15.0. The quantitative estimate of drug-likeness (QED) is 0.113. The Labute approximate surface area is 267 Å². The number of hydrogen-bond acceptors (Lipinski definition) is 7. The molecular weight excluding hydrogens is 590 g/mol. The van der Waals surface area contributed by atoms with E-state index in [4.69, 9.17) is 14.2 Å².